The summed E-state index contributed by atoms with van der Waals surface area (Å²) in [6.07, 6.45) is 0. The standard InChI is InChI=1S/C11H16N2O3/c1-11(6-14,7-15)10(16)8-2-4-9(13-12)5-3-8/h2-5,13-15H,6-7,12H2,1H3. The predicted molar refractivity (Wildman–Crippen MR) is 60.9 cm³/mol. The molecule has 5 N–H and O–H groups in total. The molecule has 0 spiro atoms. The first-order valence-electron chi connectivity index (χ1n) is 4.90. The Bertz CT molecular complexity index is 358. The molecule has 1 rings (SSSR count). The number of Topliss-reactive ketones (excluding diaryl/α,β-unsaturated/α-hetero) is 1. The van der Waals surface area contributed by atoms with Crippen LogP contribution in [0.4, 0.5) is 5.69 Å². The quantitative estimate of drug-likeness (QED) is 0.324. The van der Waals surface area contributed by atoms with Gasteiger partial charge in [0, 0.05) is 11.3 Å². The van der Waals surface area contributed by atoms with E-state index in [0.29, 0.717) is 11.3 Å². The molecule has 0 saturated heterocycles. The molecular weight excluding hydrogens is 208 g/mol. The number of nitrogen functional groups attached to an aromatic ring is 1. The molecule has 1 aromatic carbocycles. The number of rotatable bonds is 5. The fraction of sp³-hybridized carbons (Fsp3) is 0.364. The fourth-order valence-electron chi connectivity index (χ4n) is 1.26. The van der Waals surface area contributed by atoms with Crippen LogP contribution in [0.1, 0.15) is 17.3 Å². The first-order chi connectivity index (χ1) is 7.57. The van der Waals surface area contributed by atoms with Gasteiger partial charge in [0.05, 0.1) is 18.6 Å². The lowest BCUT2D eigenvalue weighted by atomic mass is 9.84. The van der Waals surface area contributed by atoms with Crippen molar-refractivity contribution in [3.8, 4) is 0 Å². The Morgan fingerprint density at radius 3 is 2.19 bits per heavy atom. The normalized spacial score (nSPS) is 11.2. The summed E-state index contributed by atoms with van der Waals surface area (Å²) < 4.78 is 0. The van der Waals surface area contributed by atoms with E-state index < -0.39 is 5.41 Å². The van der Waals surface area contributed by atoms with Gasteiger partial charge in [-0.25, -0.2) is 0 Å². The third-order valence-corrected chi connectivity index (χ3v) is 2.56. The highest BCUT2D eigenvalue weighted by atomic mass is 16.3. The van der Waals surface area contributed by atoms with Gasteiger partial charge in [0.15, 0.2) is 5.78 Å². The number of hydrazine groups is 1. The highest BCUT2D eigenvalue weighted by Crippen LogP contribution is 2.22. The topological polar surface area (TPSA) is 95.6 Å². The van der Waals surface area contributed by atoms with Crippen molar-refractivity contribution in [2.75, 3.05) is 18.6 Å². The average molecular weight is 224 g/mol. The third kappa shape index (κ3) is 2.38. The van der Waals surface area contributed by atoms with E-state index in [9.17, 15) is 4.79 Å². The van der Waals surface area contributed by atoms with Crippen LogP contribution in [-0.2, 0) is 0 Å². The number of aliphatic hydroxyl groups excluding tert-OH is 2. The van der Waals surface area contributed by atoms with E-state index in [0.717, 1.165) is 0 Å². The zero-order valence-corrected chi connectivity index (χ0v) is 9.10. The second kappa shape index (κ2) is 5.07. The molecule has 0 aromatic heterocycles. The number of hydrogen-bond donors (Lipinski definition) is 4. The number of carbonyl (C=O) groups excluding carboxylic acids is 1. The molecule has 0 aliphatic heterocycles. The van der Waals surface area contributed by atoms with Crippen molar-refractivity contribution in [3.63, 3.8) is 0 Å². The zero-order valence-electron chi connectivity index (χ0n) is 9.10. The van der Waals surface area contributed by atoms with Crippen LogP contribution < -0.4 is 11.3 Å². The van der Waals surface area contributed by atoms with Crippen LogP contribution in [0, 0.1) is 5.41 Å². The Labute approximate surface area is 93.9 Å². The monoisotopic (exact) mass is 224 g/mol. The number of anilines is 1. The summed E-state index contributed by atoms with van der Waals surface area (Å²) in [5.74, 6) is 4.91. The molecule has 0 saturated carbocycles. The van der Waals surface area contributed by atoms with Gasteiger partial charge in [-0.2, -0.15) is 0 Å². The molecular formula is C11H16N2O3. The average Bonchev–Trinajstić information content (AvgIpc) is 2.37. The Morgan fingerprint density at radius 1 is 1.31 bits per heavy atom. The lowest BCUT2D eigenvalue weighted by Crippen LogP contribution is -2.35. The van der Waals surface area contributed by atoms with Gasteiger partial charge in [0.25, 0.3) is 0 Å². The van der Waals surface area contributed by atoms with Crippen molar-refractivity contribution in [3.05, 3.63) is 29.8 Å². The summed E-state index contributed by atoms with van der Waals surface area (Å²) in [5.41, 5.74) is 2.43. The molecule has 1 aromatic rings. The highest BCUT2D eigenvalue weighted by molar-refractivity contribution is 6.00. The number of benzene rings is 1. The van der Waals surface area contributed by atoms with Gasteiger partial charge in [0.1, 0.15) is 0 Å². The maximum atomic E-state index is 12.0. The largest absolute Gasteiger partial charge is 0.395 e. The molecule has 0 amide bonds. The Hall–Kier alpha value is -1.43. The minimum absolute atomic E-state index is 0.291. The third-order valence-electron chi connectivity index (χ3n) is 2.56. The van der Waals surface area contributed by atoms with E-state index in [1.54, 1.807) is 24.3 Å². The number of nitrogens with one attached hydrogen (secondary N) is 1. The summed E-state index contributed by atoms with van der Waals surface area (Å²) >= 11 is 0. The van der Waals surface area contributed by atoms with Gasteiger partial charge in [-0.3, -0.25) is 10.6 Å². The van der Waals surface area contributed by atoms with Crippen molar-refractivity contribution in [2.24, 2.45) is 11.3 Å². The molecule has 16 heavy (non-hydrogen) atoms. The van der Waals surface area contributed by atoms with E-state index in [1.165, 1.54) is 6.92 Å². The van der Waals surface area contributed by atoms with Crippen molar-refractivity contribution >= 4 is 11.5 Å². The summed E-state index contributed by atoms with van der Waals surface area (Å²) in [6, 6.07) is 6.51. The van der Waals surface area contributed by atoms with Gasteiger partial charge < -0.3 is 15.6 Å². The molecule has 0 fully saturated rings. The lowest BCUT2D eigenvalue weighted by molar-refractivity contribution is 0.0482. The van der Waals surface area contributed by atoms with E-state index >= 15 is 0 Å². The van der Waals surface area contributed by atoms with Crippen LogP contribution in [0.15, 0.2) is 24.3 Å². The molecule has 0 bridgehead atoms. The number of ketones is 1. The second-order valence-electron chi connectivity index (χ2n) is 3.93. The van der Waals surface area contributed by atoms with Crippen molar-refractivity contribution < 1.29 is 15.0 Å². The van der Waals surface area contributed by atoms with E-state index in [2.05, 4.69) is 5.43 Å². The number of carbonyl (C=O) groups is 1. The van der Waals surface area contributed by atoms with Gasteiger partial charge in [-0.1, -0.05) is 0 Å². The molecule has 0 radical (unpaired) electrons. The smallest absolute Gasteiger partial charge is 0.173 e. The van der Waals surface area contributed by atoms with Crippen molar-refractivity contribution in [1.82, 2.24) is 0 Å². The minimum Gasteiger partial charge on any atom is -0.395 e. The predicted octanol–water partition coefficient (Wildman–Crippen LogP) is 0.146. The van der Waals surface area contributed by atoms with Crippen LogP contribution in [0.25, 0.3) is 0 Å². The van der Waals surface area contributed by atoms with Crippen LogP contribution in [-0.4, -0.2) is 29.2 Å². The van der Waals surface area contributed by atoms with Gasteiger partial charge in [0.2, 0.25) is 0 Å². The molecule has 0 aliphatic carbocycles. The molecule has 0 atom stereocenters. The minimum atomic E-state index is -1.14. The van der Waals surface area contributed by atoms with Gasteiger partial charge in [-0.15, -0.1) is 0 Å². The molecule has 0 heterocycles. The van der Waals surface area contributed by atoms with Crippen molar-refractivity contribution in [2.45, 2.75) is 6.92 Å². The molecule has 5 heteroatoms. The Morgan fingerprint density at radius 2 is 1.81 bits per heavy atom. The zero-order chi connectivity index (χ0) is 12.2. The summed E-state index contributed by atoms with van der Waals surface area (Å²) in [6.45, 7) is 0.739. The first kappa shape index (κ1) is 12.6. The maximum Gasteiger partial charge on any atom is 0.173 e. The van der Waals surface area contributed by atoms with Gasteiger partial charge >= 0.3 is 0 Å². The summed E-state index contributed by atoms with van der Waals surface area (Å²) in [5, 5.41) is 18.2. The van der Waals surface area contributed by atoms with Crippen LogP contribution in [0.3, 0.4) is 0 Å². The van der Waals surface area contributed by atoms with Crippen LogP contribution in [0.2, 0.25) is 0 Å². The summed E-state index contributed by atoms with van der Waals surface area (Å²) in [4.78, 5) is 12.0. The molecule has 0 aliphatic rings. The number of aliphatic hydroxyl groups is 2. The van der Waals surface area contributed by atoms with Crippen LogP contribution in [0.5, 0.6) is 0 Å². The van der Waals surface area contributed by atoms with E-state index in [1.807, 2.05) is 0 Å². The Balaban J connectivity index is 2.95. The molecule has 5 nitrogen and oxygen atoms in total. The second-order valence-corrected chi connectivity index (χ2v) is 3.93. The Kier molecular flexibility index (Phi) is 4.00. The van der Waals surface area contributed by atoms with E-state index in [-0.39, 0.29) is 19.0 Å². The number of nitrogens with two attached hydrogens (primary N) is 1. The van der Waals surface area contributed by atoms with Gasteiger partial charge in [-0.05, 0) is 31.2 Å². The first-order valence-corrected chi connectivity index (χ1v) is 4.90. The van der Waals surface area contributed by atoms with E-state index in [4.69, 9.17) is 16.1 Å². The maximum absolute atomic E-state index is 12.0. The van der Waals surface area contributed by atoms with Crippen LogP contribution >= 0.6 is 0 Å². The lowest BCUT2D eigenvalue weighted by Gasteiger charge is -2.22. The SMILES string of the molecule is CC(CO)(CO)C(=O)c1ccc(NN)cc1. The van der Waals surface area contributed by atoms with Crippen molar-refractivity contribution in [1.29, 1.82) is 0 Å². The summed E-state index contributed by atoms with van der Waals surface area (Å²) in [7, 11) is 0. The highest BCUT2D eigenvalue weighted by Gasteiger charge is 2.32. The molecule has 0 unspecified atom stereocenters. The fourth-order valence-corrected chi connectivity index (χ4v) is 1.26. The number of hydrogen-bond acceptors (Lipinski definition) is 5. The molecule has 88 valence electrons.